The van der Waals surface area contributed by atoms with Crippen molar-refractivity contribution in [3.05, 3.63) is 35.6 Å². The molecule has 2 heterocycles. The molecule has 5 heteroatoms. The van der Waals surface area contributed by atoms with E-state index in [1.165, 1.54) is 18.6 Å². The summed E-state index contributed by atoms with van der Waals surface area (Å²) >= 11 is 0. The molecule has 2 amide bonds. The number of likely N-dealkylation sites (tertiary alicyclic amines) is 2. The van der Waals surface area contributed by atoms with E-state index in [2.05, 4.69) is 6.92 Å². The van der Waals surface area contributed by atoms with Gasteiger partial charge in [0.2, 0.25) is 11.8 Å². The molecule has 0 bridgehead atoms. The van der Waals surface area contributed by atoms with Crippen LogP contribution in [0.1, 0.15) is 31.7 Å². The molecule has 1 aromatic rings. The Bertz CT molecular complexity index is 587. The van der Waals surface area contributed by atoms with Gasteiger partial charge in [0, 0.05) is 32.6 Å². The molecule has 124 valence electrons. The van der Waals surface area contributed by atoms with Gasteiger partial charge in [0.15, 0.2) is 0 Å². The van der Waals surface area contributed by atoms with Crippen molar-refractivity contribution in [2.75, 3.05) is 19.6 Å². The van der Waals surface area contributed by atoms with Gasteiger partial charge in [-0.25, -0.2) is 4.39 Å². The van der Waals surface area contributed by atoms with Gasteiger partial charge in [0.05, 0.1) is 5.92 Å². The highest BCUT2D eigenvalue weighted by atomic mass is 19.1. The third-order valence-corrected chi connectivity index (χ3v) is 4.82. The second kappa shape index (κ2) is 6.69. The first kappa shape index (κ1) is 16.0. The fourth-order valence-electron chi connectivity index (χ4n) is 3.55. The summed E-state index contributed by atoms with van der Waals surface area (Å²) in [6.07, 6.45) is 2.52. The first-order chi connectivity index (χ1) is 11.0. The number of piperidine rings is 1. The molecular formula is C18H23FN2O2. The summed E-state index contributed by atoms with van der Waals surface area (Å²) in [5, 5.41) is 0. The molecule has 0 aliphatic carbocycles. The first-order valence-electron chi connectivity index (χ1n) is 8.34. The van der Waals surface area contributed by atoms with E-state index in [4.69, 9.17) is 0 Å². The number of amides is 2. The number of hydrogen-bond acceptors (Lipinski definition) is 2. The molecule has 2 aliphatic rings. The van der Waals surface area contributed by atoms with Crippen LogP contribution < -0.4 is 0 Å². The maximum atomic E-state index is 13.0. The molecule has 0 N–H and O–H groups in total. The Morgan fingerprint density at radius 2 is 2.00 bits per heavy atom. The van der Waals surface area contributed by atoms with Crippen LogP contribution in [0, 0.1) is 17.7 Å². The van der Waals surface area contributed by atoms with Crippen LogP contribution in [0.3, 0.4) is 0 Å². The summed E-state index contributed by atoms with van der Waals surface area (Å²) in [5.41, 5.74) is 0.888. The summed E-state index contributed by atoms with van der Waals surface area (Å²) < 4.78 is 13.0. The van der Waals surface area contributed by atoms with Crippen molar-refractivity contribution in [2.24, 2.45) is 11.8 Å². The number of hydrogen-bond donors (Lipinski definition) is 0. The first-order valence-corrected chi connectivity index (χ1v) is 8.34. The molecule has 4 nitrogen and oxygen atoms in total. The van der Waals surface area contributed by atoms with Crippen molar-refractivity contribution in [3.63, 3.8) is 0 Å². The van der Waals surface area contributed by atoms with Crippen LogP contribution in [0.4, 0.5) is 4.39 Å². The molecule has 0 aromatic heterocycles. The molecule has 2 fully saturated rings. The number of nitrogens with zero attached hydrogens (tertiary/aromatic N) is 2. The van der Waals surface area contributed by atoms with Crippen molar-refractivity contribution in [3.8, 4) is 0 Å². The van der Waals surface area contributed by atoms with Gasteiger partial charge < -0.3 is 9.80 Å². The van der Waals surface area contributed by atoms with E-state index in [0.29, 0.717) is 25.4 Å². The van der Waals surface area contributed by atoms with Crippen molar-refractivity contribution >= 4 is 11.8 Å². The van der Waals surface area contributed by atoms with Crippen LogP contribution in [0.2, 0.25) is 0 Å². The summed E-state index contributed by atoms with van der Waals surface area (Å²) in [7, 11) is 0. The normalized spacial score (nSPS) is 25.0. The largest absolute Gasteiger partial charge is 0.342 e. The van der Waals surface area contributed by atoms with E-state index in [-0.39, 0.29) is 23.5 Å². The molecular weight excluding hydrogens is 295 g/mol. The van der Waals surface area contributed by atoms with Gasteiger partial charge in [-0.15, -0.1) is 0 Å². The van der Waals surface area contributed by atoms with Crippen molar-refractivity contribution in [1.82, 2.24) is 9.80 Å². The monoisotopic (exact) mass is 318 g/mol. The van der Waals surface area contributed by atoms with Gasteiger partial charge in [0.25, 0.3) is 0 Å². The maximum Gasteiger partial charge on any atom is 0.228 e. The molecule has 1 aromatic carbocycles. The minimum Gasteiger partial charge on any atom is -0.342 e. The van der Waals surface area contributed by atoms with E-state index in [0.717, 1.165) is 25.1 Å². The second-order valence-corrected chi connectivity index (χ2v) is 6.83. The molecule has 23 heavy (non-hydrogen) atoms. The molecule has 0 saturated carbocycles. The van der Waals surface area contributed by atoms with Gasteiger partial charge in [-0.3, -0.25) is 9.59 Å². The highest BCUT2D eigenvalue weighted by Gasteiger charge is 2.37. The zero-order valence-electron chi connectivity index (χ0n) is 13.5. The molecule has 0 spiro atoms. The smallest absolute Gasteiger partial charge is 0.228 e. The lowest BCUT2D eigenvalue weighted by atomic mass is 9.98. The van der Waals surface area contributed by atoms with Crippen LogP contribution >= 0.6 is 0 Å². The Labute approximate surface area is 136 Å². The van der Waals surface area contributed by atoms with Crippen molar-refractivity contribution in [2.45, 2.75) is 32.7 Å². The predicted molar refractivity (Wildman–Crippen MR) is 84.9 cm³/mol. The van der Waals surface area contributed by atoms with Gasteiger partial charge in [-0.1, -0.05) is 19.1 Å². The van der Waals surface area contributed by atoms with Gasteiger partial charge in [-0.2, -0.15) is 0 Å². The van der Waals surface area contributed by atoms with Crippen LogP contribution in [-0.4, -0.2) is 41.2 Å². The molecule has 2 saturated heterocycles. The SMILES string of the molecule is CC1CCCN(C(=O)C2CC(=O)N(Cc3ccc(F)cc3)C2)C1. The van der Waals surface area contributed by atoms with Crippen LogP contribution in [-0.2, 0) is 16.1 Å². The maximum absolute atomic E-state index is 13.0. The summed E-state index contributed by atoms with van der Waals surface area (Å²) in [4.78, 5) is 28.5. The lowest BCUT2D eigenvalue weighted by Gasteiger charge is -2.32. The number of rotatable bonds is 3. The number of halogens is 1. The molecule has 0 radical (unpaired) electrons. The second-order valence-electron chi connectivity index (χ2n) is 6.83. The topological polar surface area (TPSA) is 40.6 Å². The average molecular weight is 318 g/mol. The number of carbonyl (C=O) groups excluding carboxylic acids is 2. The highest BCUT2D eigenvalue weighted by Crippen LogP contribution is 2.25. The standard InChI is InChI=1S/C18H23FN2O2/c1-13-3-2-8-20(10-13)18(23)15-9-17(22)21(12-15)11-14-4-6-16(19)7-5-14/h4-7,13,15H,2-3,8-12H2,1H3. The Balaban J connectivity index is 1.60. The fraction of sp³-hybridized carbons (Fsp3) is 0.556. The third-order valence-electron chi connectivity index (χ3n) is 4.82. The van der Waals surface area contributed by atoms with Crippen LogP contribution in [0.15, 0.2) is 24.3 Å². The Morgan fingerprint density at radius 3 is 2.70 bits per heavy atom. The number of carbonyl (C=O) groups is 2. The predicted octanol–water partition coefficient (Wildman–Crippen LogP) is 2.43. The average Bonchev–Trinajstić information content (AvgIpc) is 2.90. The van der Waals surface area contributed by atoms with E-state index in [1.54, 1.807) is 17.0 Å². The summed E-state index contributed by atoms with van der Waals surface area (Å²) in [5.74, 6) is 0.159. The molecule has 2 aliphatic heterocycles. The van der Waals surface area contributed by atoms with Crippen molar-refractivity contribution < 1.29 is 14.0 Å². The van der Waals surface area contributed by atoms with Crippen LogP contribution in [0.5, 0.6) is 0 Å². The molecule has 2 atom stereocenters. The van der Waals surface area contributed by atoms with E-state index in [1.807, 2.05) is 4.90 Å². The van der Waals surface area contributed by atoms with Gasteiger partial charge >= 0.3 is 0 Å². The minimum atomic E-state index is -0.284. The molecule has 3 rings (SSSR count). The zero-order chi connectivity index (χ0) is 16.4. The van der Waals surface area contributed by atoms with E-state index >= 15 is 0 Å². The van der Waals surface area contributed by atoms with Crippen LogP contribution in [0.25, 0.3) is 0 Å². The third kappa shape index (κ3) is 3.71. The quantitative estimate of drug-likeness (QED) is 0.859. The fourth-order valence-corrected chi connectivity index (χ4v) is 3.55. The molecule has 2 unspecified atom stereocenters. The zero-order valence-corrected chi connectivity index (χ0v) is 13.5. The van der Waals surface area contributed by atoms with E-state index < -0.39 is 0 Å². The number of benzene rings is 1. The highest BCUT2D eigenvalue weighted by molar-refractivity contribution is 5.89. The lowest BCUT2D eigenvalue weighted by molar-refractivity contribution is -0.137. The van der Waals surface area contributed by atoms with Crippen molar-refractivity contribution in [1.29, 1.82) is 0 Å². The Kier molecular flexibility index (Phi) is 4.64. The van der Waals surface area contributed by atoms with Gasteiger partial charge in [-0.05, 0) is 36.5 Å². The lowest BCUT2D eigenvalue weighted by Crippen LogP contribution is -2.43. The Hall–Kier alpha value is -1.91. The Morgan fingerprint density at radius 1 is 1.26 bits per heavy atom. The summed E-state index contributed by atoms with van der Waals surface area (Å²) in [6.45, 7) is 4.70. The minimum absolute atomic E-state index is 0.0118. The van der Waals surface area contributed by atoms with E-state index in [9.17, 15) is 14.0 Å². The van der Waals surface area contributed by atoms with Gasteiger partial charge in [0.1, 0.15) is 5.82 Å². The summed E-state index contributed by atoms with van der Waals surface area (Å²) in [6, 6.07) is 6.16.